The number of carbonyl (C=O) groups is 1. The predicted molar refractivity (Wildman–Crippen MR) is 93.8 cm³/mol. The van der Waals surface area contributed by atoms with E-state index in [-0.39, 0.29) is 12.0 Å². The molecule has 1 atom stereocenters. The number of amides is 1. The first kappa shape index (κ1) is 16.6. The lowest BCUT2D eigenvalue weighted by atomic mass is 10.1. The van der Waals surface area contributed by atoms with Crippen LogP contribution in [0.3, 0.4) is 0 Å². The first-order chi connectivity index (χ1) is 12.7. The van der Waals surface area contributed by atoms with Gasteiger partial charge in [-0.15, -0.1) is 5.10 Å². The summed E-state index contributed by atoms with van der Waals surface area (Å²) in [6.45, 7) is 4.04. The molecule has 1 fully saturated rings. The van der Waals surface area contributed by atoms with Gasteiger partial charge in [0.2, 0.25) is 5.88 Å². The molecule has 0 spiro atoms. The number of hydrogen-bond acceptors (Lipinski definition) is 6. The summed E-state index contributed by atoms with van der Waals surface area (Å²) in [5, 5.41) is 8.05. The molecule has 1 aromatic heterocycles. The van der Waals surface area contributed by atoms with Gasteiger partial charge in [0.15, 0.2) is 11.5 Å². The van der Waals surface area contributed by atoms with Gasteiger partial charge in [-0.1, -0.05) is 6.07 Å². The highest BCUT2D eigenvalue weighted by atomic mass is 16.6. The van der Waals surface area contributed by atoms with Crippen molar-refractivity contribution in [3.63, 3.8) is 0 Å². The molecular weight excluding hydrogens is 334 g/mol. The first-order valence-corrected chi connectivity index (χ1v) is 8.85. The van der Waals surface area contributed by atoms with Crippen LogP contribution in [0.4, 0.5) is 0 Å². The van der Waals surface area contributed by atoms with Crippen molar-refractivity contribution in [3.05, 3.63) is 41.6 Å². The van der Waals surface area contributed by atoms with Gasteiger partial charge < -0.3 is 19.1 Å². The number of ether oxygens (including phenoxy) is 3. The van der Waals surface area contributed by atoms with Gasteiger partial charge in [0.05, 0.1) is 17.8 Å². The van der Waals surface area contributed by atoms with E-state index < -0.39 is 0 Å². The van der Waals surface area contributed by atoms with Crippen LogP contribution in [-0.4, -0.2) is 53.4 Å². The number of hydrogen-bond donors (Lipinski definition) is 0. The molecule has 2 aliphatic heterocycles. The van der Waals surface area contributed by atoms with E-state index in [0.717, 1.165) is 18.5 Å². The number of aryl methyl sites for hydroxylation is 1. The molecule has 3 heterocycles. The molecule has 2 aliphatic rings. The molecule has 1 saturated heterocycles. The fraction of sp³-hybridized carbons (Fsp3) is 0.421. The molecule has 2 aromatic rings. The van der Waals surface area contributed by atoms with E-state index in [0.29, 0.717) is 49.2 Å². The van der Waals surface area contributed by atoms with Crippen molar-refractivity contribution in [2.75, 3.05) is 26.3 Å². The van der Waals surface area contributed by atoms with Crippen LogP contribution >= 0.6 is 0 Å². The minimum absolute atomic E-state index is 0.0596. The number of rotatable bonds is 3. The molecule has 0 radical (unpaired) electrons. The summed E-state index contributed by atoms with van der Waals surface area (Å²) in [4.78, 5) is 14.8. The van der Waals surface area contributed by atoms with Crippen LogP contribution in [-0.2, 0) is 0 Å². The lowest BCUT2D eigenvalue weighted by Gasteiger charge is -2.33. The van der Waals surface area contributed by atoms with Gasteiger partial charge in [0.25, 0.3) is 5.91 Å². The zero-order valence-electron chi connectivity index (χ0n) is 14.7. The van der Waals surface area contributed by atoms with Gasteiger partial charge in [0, 0.05) is 12.6 Å². The van der Waals surface area contributed by atoms with E-state index in [1.54, 1.807) is 6.07 Å². The molecule has 1 aromatic carbocycles. The minimum atomic E-state index is -0.0959. The smallest absolute Gasteiger partial charge is 0.257 e. The molecule has 7 heteroatoms. The molecule has 0 aliphatic carbocycles. The normalized spacial score (nSPS) is 19.1. The summed E-state index contributed by atoms with van der Waals surface area (Å²) < 4.78 is 17.2. The van der Waals surface area contributed by atoms with E-state index in [9.17, 15) is 4.79 Å². The third kappa shape index (κ3) is 3.42. The third-order valence-corrected chi connectivity index (χ3v) is 4.52. The summed E-state index contributed by atoms with van der Waals surface area (Å²) in [6, 6.07) is 9.10. The van der Waals surface area contributed by atoms with Crippen molar-refractivity contribution in [2.24, 2.45) is 0 Å². The largest absolute Gasteiger partial charge is 0.486 e. The van der Waals surface area contributed by atoms with Crippen LogP contribution in [0.5, 0.6) is 17.4 Å². The predicted octanol–water partition coefficient (Wildman–Crippen LogP) is 2.24. The van der Waals surface area contributed by atoms with Crippen molar-refractivity contribution < 1.29 is 19.0 Å². The van der Waals surface area contributed by atoms with Crippen LogP contribution in [0.1, 0.15) is 28.9 Å². The number of piperidine rings is 1. The third-order valence-electron chi connectivity index (χ3n) is 4.52. The van der Waals surface area contributed by atoms with Gasteiger partial charge in [0.1, 0.15) is 19.3 Å². The lowest BCUT2D eigenvalue weighted by Crippen LogP contribution is -2.44. The van der Waals surface area contributed by atoms with Crippen LogP contribution in [0.25, 0.3) is 0 Å². The molecule has 0 saturated carbocycles. The van der Waals surface area contributed by atoms with Crippen molar-refractivity contribution in [1.29, 1.82) is 0 Å². The second-order valence-corrected chi connectivity index (χ2v) is 6.48. The van der Waals surface area contributed by atoms with E-state index in [1.165, 1.54) is 0 Å². The number of benzene rings is 1. The summed E-state index contributed by atoms with van der Waals surface area (Å²) >= 11 is 0. The highest BCUT2D eigenvalue weighted by Gasteiger charge is 2.29. The average molecular weight is 355 g/mol. The van der Waals surface area contributed by atoms with Crippen LogP contribution in [0.15, 0.2) is 30.3 Å². The van der Waals surface area contributed by atoms with Gasteiger partial charge in [-0.3, -0.25) is 4.79 Å². The van der Waals surface area contributed by atoms with Gasteiger partial charge >= 0.3 is 0 Å². The van der Waals surface area contributed by atoms with E-state index in [2.05, 4.69) is 10.2 Å². The fourth-order valence-electron chi connectivity index (χ4n) is 3.25. The Morgan fingerprint density at radius 1 is 1.19 bits per heavy atom. The van der Waals surface area contributed by atoms with Gasteiger partial charge in [-0.05, 0) is 38.0 Å². The minimum Gasteiger partial charge on any atom is -0.486 e. The molecule has 0 N–H and O–H groups in total. The molecule has 26 heavy (non-hydrogen) atoms. The van der Waals surface area contributed by atoms with E-state index in [1.807, 2.05) is 36.1 Å². The Bertz CT molecular complexity index is 794. The molecule has 1 unspecified atom stereocenters. The maximum atomic E-state index is 13.0. The van der Waals surface area contributed by atoms with Crippen molar-refractivity contribution in [1.82, 2.24) is 15.1 Å². The zero-order valence-corrected chi connectivity index (χ0v) is 14.7. The van der Waals surface area contributed by atoms with Crippen LogP contribution in [0.2, 0.25) is 0 Å². The second-order valence-electron chi connectivity index (χ2n) is 6.48. The van der Waals surface area contributed by atoms with E-state index in [4.69, 9.17) is 14.2 Å². The number of aromatic nitrogens is 2. The second kappa shape index (κ2) is 7.19. The van der Waals surface area contributed by atoms with Gasteiger partial charge in [-0.2, -0.15) is 5.10 Å². The first-order valence-electron chi connectivity index (χ1n) is 8.85. The number of likely N-dealkylation sites (tertiary alicyclic amines) is 1. The molecule has 1 amide bonds. The number of fused-ring (bicyclic) bond motifs is 1. The molecule has 7 nitrogen and oxygen atoms in total. The Morgan fingerprint density at radius 2 is 2.08 bits per heavy atom. The molecule has 4 rings (SSSR count). The van der Waals surface area contributed by atoms with Crippen LogP contribution < -0.4 is 14.2 Å². The Labute approximate surface area is 151 Å². The Morgan fingerprint density at radius 3 is 2.92 bits per heavy atom. The number of nitrogens with zero attached hydrogens (tertiary/aromatic N) is 3. The topological polar surface area (TPSA) is 73.8 Å². The Kier molecular flexibility index (Phi) is 4.60. The summed E-state index contributed by atoms with van der Waals surface area (Å²) in [7, 11) is 0. The highest BCUT2D eigenvalue weighted by Crippen LogP contribution is 2.34. The standard InChI is InChI=1S/C19H21N3O4/c1-13-7-8-17(21-20-13)26-14-4-3-9-22(12-14)19(23)15-5-2-6-16-18(15)25-11-10-24-16/h2,5-8,14H,3-4,9-12H2,1H3. The van der Waals surface area contributed by atoms with Crippen molar-refractivity contribution in [3.8, 4) is 17.4 Å². The average Bonchev–Trinajstić information content (AvgIpc) is 2.69. The summed E-state index contributed by atoms with van der Waals surface area (Å²) in [5.41, 5.74) is 1.38. The lowest BCUT2D eigenvalue weighted by molar-refractivity contribution is 0.0518. The zero-order chi connectivity index (χ0) is 17.9. The SMILES string of the molecule is Cc1ccc(OC2CCCN(C(=O)c3cccc4c3OCCO4)C2)nn1. The number of para-hydroxylation sites is 1. The fourth-order valence-corrected chi connectivity index (χ4v) is 3.25. The Hall–Kier alpha value is -2.83. The number of carbonyl (C=O) groups excluding carboxylic acids is 1. The monoisotopic (exact) mass is 355 g/mol. The van der Waals surface area contributed by atoms with Crippen LogP contribution in [0, 0.1) is 6.92 Å². The maximum absolute atomic E-state index is 13.0. The molecule has 136 valence electrons. The summed E-state index contributed by atoms with van der Waals surface area (Å²) in [6.07, 6.45) is 1.66. The molecular formula is C19H21N3O4. The molecule has 0 bridgehead atoms. The maximum Gasteiger partial charge on any atom is 0.257 e. The van der Waals surface area contributed by atoms with E-state index >= 15 is 0 Å². The quantitative estimate of drug-likeness (QED) is 0.841. The van der Waals surface area contributed by atoms with Crippen molar-refractivity contribution in [2.45, 2.75) is 25.9 Å². The summed E-state index contributed by atoms with van der Waals surface area (Å²) in [5.74, 6) is 1.59. The van der Waals surface area contributed by atoms with Gasteiger partial charge in [-0.25, -0.2) is 0 Å². The highest BCUT2D eigenvalue weighted by molar-refractivity contribution is 5.98. The van der Waals surface area contributed by atoms with Crippen molar-refractivity contribution >= 4 is 5.91 Å². The Balaban J connectivity index is 1.47.